The normalized spacial score (nSPS) is 10.6. The van der Waals surface area contributed by atoms with Crippen molar-refractivity contribution in [2.75, 3.05) is 12.4 Å². The lowest BCUT2D eigenvalue weighted by atomic mass is 10.2. The average Bonchev–Trinajstić information content (AvgIpc) is 3.05. The Labute approximate surface area is 170 Å². The van der Waals surface area contributed by atoms with E-state index in [4.69, 9.17) is 16.3 Å². The smallest absolute Gasteiger partial charge is 0.258 e. The molecule has 0 bridgehead atoms. The minimum Gasteiger partial charge on any atom is -0.496 e. The molecule has 0 aliphatic heterocycles. The molecule has 1 N–H and O–H groups in total. The zero-order valence-electron chi connectivity index (χ0n) is 12.8. The Bertz CT molecular complexity index is 946. The van der Waals surface area contributed by atoms with Crippen LogP contribution in [0.4, 0.5) is 5.13 Å². The maximum atomic E-state index is 12.4. The maximum Gasteiger partial charge on any atom is 0.258 e. The van der Waals surface area contributed by atoms with Gasteiger partial charge in [0.2, 0.25) is 0 Å². The third-order valence-corrected chi connectivity index (χ3v) is 5.55. The minimum atomic E-state index is -0.303. The molecule has 1 heterocycles. The standard InChI is InChI=1S/C17H11Br2ClN2O2S/c1-24-15-5-2-9(6-12(15)19)14-8-25-17(21-14)22-16(23)11-7-10(18)3-4-13(11)20/h2-8H,1H3,(H,21,22,23). The van der Waals surface area contributed by atoms with Gasteiger partial charge in [0.25, 0.3) is 5.91 Å². The number of methoxy groups -OCH3 is 1. The number of nitrogens with zero attached hydrogens (tertiary/aromatic N) is 1. The van der Waals surface area contributed by atoms with Gasteiger partial charge in [0, 0.05) is 15.4 Å². The van der Waals surface area contributed by atoms with Crippen LogP contribution < -0.4 is 10.1 Å². The molecule has 0 spiro atoms. The van der Waals surface area contributed by atoms with Crippen molar-refractivity contribution in [2.45, 2.75) is 0 Å². The topological polar surface area (TPSA) is 51.2 Å². The zero-order chi connectivity index (χ0) is 18.0. The molecule has 0 saturated heterocycles. The Kier molecular flexibility index (Phi) is 5.78. The van der Waals surface area contributed by atoms with Crippen LogP contribution in [0.15, 0.2) is 50.7 Å². The lowest BCUT2D eigenvalue weighted by Gasteiger charge is -2.05. The Hall–Kier alpha value is -1.41. The fraction of sp³-hybridized carbons (Fsp3) is 0.0588. The molecule has 25 heavy (non-hydrogen) atoms. The summed E-state index contributed by atoms with van der Waals surface area (Å²) in [4.78, 5) is 16.9. The van der Waals surface area contributed by atoms with E-state index in [1.165, 1.54) is 11.3 Å². The van der Waals surface area contributed by atoms with E-state index in [2.05, 4.69) is 42.2 Å². The van der Waals surface area contributed by atoms with Crippen molar-refractivity contribution in [1.82, 2.24) is 4.98 Å². The Balaban J connectivity index is 1.81. The number of carbonyl (C=O) groups excluding carboxylic acids is 1. The first-order chi connectivity index (χ1) is 12.0. The minimum absolute atomic E-state index is 0.303. The van der Waals surface area contributed by atoms with Crippen LogP contribution in [-0.2, 0) is 0 Å². The van der Waals surface area contributed by atoms with Gasteiger partial charge in [0.1, 0.15) is 5.75 Å². The number of nitrogens with one attached hydrogen (secondary N) is 1. The third-order valence-electron chi connectivity index (χ3n) is 3.35. The van der Waals surface area contributed by atoms with E-state index in [9.17, 15) is 4.79 Å². The van der Waals surface area contributed by atoms with Gasteiger partial charge in [-0.1, -0.05) is 27.5 Å². The van der Waals surface area contributed by atoms with Gasteiger partial charge in [-0.3, -0.25) is 10.1 Å². The summed E-state index contributed by atoms with van der Waals surface area (Å²) in [6.07, 6.45) is 0. The molecule has 0 unspecified atom stereocenters. The quantitative estimate of drug-likeness (QED) is 0.459. The van der Waals surface area contributed by atoms with Crippen molar-refractivity contribution in [1.29, 1.82) is 0 Å². The molecule has 1 aromatic heterocycles. The Morgan fingerprint density at radius 1 is 1.24 bits per heavy atom. The summed E-state index contributed by atoms with van der Waals surface area (Å²) < 4.78 is 6.85. The van der Waals surface area contributed by atoms with Crippen LogP contribution in [0.5, 0.6) is 5.75 Å². The summed E-state index contributed by atoms with van der Waals surface area (Å²) in [6, 6.07) is 10.8. The van der Waals surface area contributed by atoms with Crippen molar-refractivity contribution in [3.8, 4) is 17.0 Å². The molecule has 0 radical (unpaired) electrons. The SMILES string of the molecule is COc1ccc(-c2csc(NC(=O)c3cc(Br)ccc3Cl)n2)cc1Br. The lowest BCUT2D eigenvalue weighted by molar-refractivity contribution is 0.102. The summed E-state index contributed by atoms with van der Waals surface area (Å²) in [7, 11) is 1.61. The van der Waals surface area contributed by atoms with Crippen LogP contribution in [0.1, 0.15) is 10.4 Å². The molecule has 0 saturated carbocycles. The molecule has 0 fully saturated rings. The monoisotopic (exact) mass is 500 g/mol. The van der Waals surface area contributed by atoms with Crippen molar-refractivity contribution < 1.29 is 9.53 Å². The number of anilines is 1. The highest BCUT2D eigenvalue weighted by Crippen LogP contribution is 2.32. The van der Waals surface area contributed by atoms with E-state index < -0.39 is 0 Å². The Morgan fingerprint density at radius 3 is 2.76 bits per heavy atom. The average molecular weight is 503 g/mol. The third kappa shape index (κ3) is 4.23. The highest BCUT2D eigenvalue weighted by Gasteiger charge is 2.14. The van der Waals surface area contributed by atoms with E-state index in [0.29, 0.717) is 15.7 Å². The van der Waals surface area contributed by atoms with Gasteiger partial charge in [-0.25, -0.2) is 4.98 Å². The molecule has 8 heteroatoms. The zero-order valence-corrected chi connectivity index (χ0v) is 17.6. The number of aromatic nitrogens is 1. The maximum absolute atomic E-state index is 12.4. The number of thiazole rings is 1. The van der Waals surface area contributed by atoms with Crippen LogP contribution in [0.25, 0.3) is 11.3 Å². The first-order valence-corrected chi connectivity index (χ1v) is 9.88. The highest BCUT2D eigenvalue weighted by atomic mass is 79.9. The van der Waals surface area contributed by atoms with Gasteiger partial charge in [-0.15, -0.1) is 11.3 Å². The predicted octanol–water partition coefficient (Wildman–Crippen LogP) is 6.25. The molecule has 0 atom stereocenters. The first kappa shape index (κ1) is 18.4. The van der Waals surface area contributed by atoms with Crippen LogP contribution in [0.2, 0.25) is 5.02 Å². The van der Waals surface area contributed by atoms with E-state index >= 15 is 0 Å². The van der Waals surface area contributed by atoms with Crippen LogP contribution >= 0.6 is 54.8 Å². The van der Waals surface area contributed by atoms with Crippen molar-refractivity contribution >= 4 is 65.8 Å². The molecule has 128 valence electrons. The number of halogens is 3. The van der Waals surface area contributed by atoms with Crippen LogP contribution in [0.3, 0.4) is 0 Å². The van der Waals surface area contributed by atoms with E-state index in [1.54, 1.807) is 25.3 Å². The van der Waals surface area contributed by atoms with Crippen molar-refractivity contribution in [3.63, 3.8) is 0 Å². The van der Waals surface area contributed by atoms with Gasteiger partial charge < -0.3 is 4.74 Å². The molecule has 3 aromatic rings. The number of hydrogen-bond acceptors (Lipinski definition) is 4. The van der Waals surface area contributed by atoms with E-state index in [1.807, 2.05) is 23.6 Å². The largest absolute Gasteiger partial charge is 0.496 e. The highest BCUT2D eigenvalue weighted by molar-refractivity contribution is 9.10. The van der Waals surface area contributed by atoms with Crippen molar-refractivity contribution in [3.05, 3.63) is 61.3 Å². The number of amides is 1. The molecule has 1 amide bonds. The molecule has 0 aliphatic carbocycles. The fourth-order valence-corrected chi connectivity index (χ4v) is 3.95. The molecule has 4 nitrogen and oxygen atoms in total. The number of ether oxygens (including phenoxy) is 1. The van der Waals surface area contributed by atoms with Crippen LogP contribution in [-0.4, -0.2) is 18.0 Å². The van der Waals surface area contributed by atoms with Crippen LogP contribution in [0, 0.1) is 0 Å². The van der Waals surface area contributed by atoms with E-state index in [0.717, 1.165) is 26.0 Å². The summed E-state index contributed by atoms with van der Waals surface area (Å²) >= 11 is 14.2. The predicted molar refractivity (Wildman–Crippen MR) is 109 cm³/mol. The number of benzene rings is 2. The summed E-state index contributed by atoms with van der Waals surface area (Å²) in [6.45, 7) is 0. The Morgan fingerprint density at radius 2 is 2.04 bits per heavy atom. The second-order valence-corrected chi connectivity index (χ2v) is 8.00. The molecule has 0 aliphatic rings. The lowest BCUT2D eigenvalue weighted by Crippen LogP contribution is -2.12. The molecule has 3 rings (SSSR count). The number of rotatable bonds is 4. The first-order valence-electron chi connectivity index (χ1n) is 7.04. The van der Waals surface area contributed by atoms with Gasteiger partial charge in [-0.05, 0) is 52.3 Å². The summed E-state index contributed by atoms with van der Waals surface area (Å²) in [5.74, 6) is 0.444. The van der Waals surface area contributed by atoms with Gasteiger partial charge in [0.15, 0.2) is 5.13 Å². The van der Waals surface area contributed by atoms with Gasteiger partial charge >= 0.3 is 0 Å². The number of hydrogen-bond donors (Lipinski definition) is 1. The second kappa shape index (κ2) is 7.86. The number of carbonyl (C=O) groups is 1. The molecular weight excluding hydrogens is 492 g/mol. The van der Waals surface area contributed by atoms with E-state index in [-0.39, 0.29) is 5.91 Å². The van der Waals surface area contributed by atoms with Crippen molar-refractivity contribution in [2.24, 2.45) is 0 Å². The fourth-order valence-electron chi connectivity index (χ4n) is 2.13. The molecule has 2 aromatic carbocycles. The second-order valence-electron chi connectivity index (χ2n) is 4.97. The summed E-state index contributed by atoms with van der Waals surface area (Å²) in [5.41, 5.74) is 2.08. The van der Waals surface area contributed by atoms with Gasteiger partial charge in [-0.2, -0.15) is 0 Å². The van der Waals surface area contributed by atoms with Gasteiger partial charge in [0.05, 0.1) is 27.9 Å². The summed E-state index contributed by atoms with van der Waals surface area (Å²) in [5, 5.41) is 5.55. The molecular formula is C17H11Br2ClN2O2S.